The summed E-state index contributed by atoms with van der Waals surface area (Å²) >= 11 is 1.45. The van der Waals surface area contributed by atoms with Gasteiger partial charge in [-0.2, -0.15) is 0 Å². The molecule has 1 amide bonds. The molecule has 0 aliphatic heterocycles. The van der Waals surface area contributed by atoms with E-state index < -0.39 is 0 Å². The van der Waals surface area contributed by atoms with Gasteiger partial charge in [0.25, 0.3) is 0 Å². The van der Waals surface area contributed by atoms with Crippen molar-refractivity contribution >= 4 is 65.9 Å². The lowest BCUT2D eigenvalue weighted by molar-refractivity contribution is -0.118. The number of aromatic nitrogens is 2. The van der Waals surface area contributed by atoms with E-state index in [1.807, 2.05) is 24.3 Å². The number of hydrogen-bond acceptors (Lipinski definition) is 5. The van der Waals surface area contributed by atoms with Crippen molar-refractivity contribution in [1.29, 1.82) is 0 Å². The standard InChI is InChI=1S/C21H33N5OS.3ClH/c27-20(16-28-21-25-18-10-4-5-11-19(18)26-21)24-13-7-6-12-22-14-15-23-17-8-2-1-3-9-17;;;/h4-5,10-11,17,22-23H,1-3,6-9,12-16H2,(H,24,27)(H,25,26);3*1H. The van der Waals surface area contributed by atoms with Gasteiger partial charge in [0.05, 0.1) is 16.8 Å². The van der Waals surface area contributed by atoms with Gasteiger partial charge in [-0.15, -0.1) is 37.2 Å². The minimum absolute atomic E-state index is 0. The molecule has 31 heavy (non-hydrogen) atoms. The number of H-pyrrole nitrogens is 1. The van der Waals surface area contributed by atoms with Crippen molar-refractivity contribution in [1.82, 2.24) is 25.9 Å². The first kappa shape index (κ1) is 30.3. The molecule has 1 aromatic heterocycles. The summed E-state index contributed by atoms with van der Waals surface area (Å²) in [5, 5.41) is 10.9. The van der Waals surface area contributed by atoms with Gasteiger partial charge in [0, 0.05) is 25.7 Å². The molecule has 1 fully saturated rings. The molecular weight excluding hydrogens is 477 g/mol. The summed E-state index contributed by atoms with van der Waals surface area (Å²) in [5.74, 6) is 0.459. The molecule has 1 aliphatic carbocycles. The summed E-state index contributed by atoms with van der Waals surface area (Å²) in [6.45, 7) is 3.83. The molecule has 1 aliphatic rings. The molecule has 6 nitrogen and oxygen atoms in total. The second-order valence-electron chi connectivity index (χ2n) is 7.44. The van der Waals surface area contributed by atoms with E-state index in [1.165, 1.54) is 43.9 Å². The summed E-state index contributed by atoms with van der Waals surface area (Å²) in [6.07, 6.45) is 8.94. The lowest BCUT2D eigenvalue weighted by Gasteiger charge is -2.22. The molecule has 4 N–H and O–H groups in total. The predicted octanol–water partition coefficient (Wildman–Crippen LogP) is 4.33. The van der Waals surface area contributed by atoms with E-state index in [0.717, 1.165) is 61.3 Å². The fourth-order valence-corrected chi connectivity index (χ4v) is 4.30. The van der Waals surface area contributed by atoms with E-state index in [4.69, 9.17) is 0 Å². The first-order valence-corrected chi connectivity index (χ1v) is 11.6. The molecule has 0 saturated heterocycles. The third kappa shape index (κ3) is 11.6. The maximum Gasteiger partial charge on any atom is 0.230 e. The molecule has 1 aromatic carbocycles. The minimum atomic E-state index is 0. The number of fused-ring (bicyclic) bond motifs is 1. The van der Waals surface area contributed by atoms with Crippen molar-refractivity contribution < 1.29 is 4.79 Å². The molecule has 0 atom stereocenters. The Labute approximate surface area is 208 Å². The smallest absolute Gasteiger partial charge is 0.230 e. The van der Waals surface area contributed by atoms with Gasteiger partial charge >= 0.3 is 0 Å². The normalized spacial score (nSPS) is 13.7. The number of amides is 1. The van der Waals surface area contributed by atoms with Crippen LogP contribution in [0, 0.1) is 0 Å². The number of rotatable bonds is 12. The van der Waals surface area contributed by atoms with Crippen LogP contribution in [0.3, 0.4) is 0 Å². The highest BCUT2D eigenvalue weighted by molar-refractivity contribution is 7.99. The third-order valence-corrected chi connectivity index (χ3v) is 6.02. The number of carbonyl (C=O) groups excluding carboxylic acids is 1. The molecule has 1 heterocycles. The monoisotopic (exact) mass is 511 g/mol. The van der Waals surface area contributed by atoms with E-state index in [9.17, 15) is 4.79 Å². The van der Waals surface area contributed by atoms with E-state index in [1.54, 1.807) is 0 Å². The molecule has 10 heteroatoms. The van der Waals surface area contributed by atoms with Crippen LogP contribution < -0.4 is 16.0 Å². The zero-order valence-corrected chi connectivity index (χ0v) is 21.1. The molecule has 0 spiro atoms. The van der Waals surface area contributed by atoms with Gasteiger partial charge < -0.3 is 20.9 Å². The largest absolute Gasteiger partial charge is 0.355 e. The Morgan fingerprint density at radius 1 is 1.00 bits per heavy atom. The quantitative estimate of drug-likeness (QED) is 0.251. The van der Waals surface area contributed by atoms with Crippen LogP contribution >= 0.6 is 49.0 Å². The molecule has 0 bridgehead atoms. The molecule has 0 unspecified atom stereocenters. The topological polar surface area (TPSA) is 81.8 Å². The SMILES string of the molecule is Cl.Cl.Cl.O=C(CSc1nc2ccccc2[nH]1)NCCCCNCCNC1CCCCC1. The first-order valence-electron chi connectivity index (χ1n) is 10.6. The van der Waals surface area contributed by atoms with Gasteiger partial charge in [-0.1, -0.05) is 43.2 Å². The fourth-order valence-electron chi connectivity index (χ4n) is 3.58. The Morgan fingerprint density at radius 2 is 1.74 bits per heavy atom. The van der Waals surface area contributed by atoms with Crippen LogP contribution in [0.2, 0.25) is 0 Å². The number of benzene rings is 1. The average molecular weight is 513 g/mol. The lowest BCUT2D eigenvalue weighted by Crippen LogP contribution is -2.36. The summed E-state index contributed by atoms with van der Waals surface area (Å²) in [4.78, 5) is 19.7. The second-order valence-corrected chi connectivity index (χ2v) is 8.41. The highest BCUT2D eigenvalue weighted by Gasteiger charge is 2.11. The second kappa shape index (κ2) is 17.8. The predicted molar refractivity (Wildman–Crippen MR) is 139 cm³/mol. The summed E-state index contributed by atoms with van der Waals surface area (Å²) in [5.41, 5.74) is 1.94. The Hall–Kier alpha value is -0.700. The number of imidazole rings is 1. The molecule has 0 radical (unpaired) electrons. The van der Waals surface area contributed by atoms with Crippen LogP contribution in [0.15, 0.2) is 29.4 Å². The first-order chi connectivity index (χ1) is 13.8. The highest BCUT2D eigenvalue weighted by Crippen LogP contribution is 2.19. The average Bonchev–Trinajstić information content (AvgIpc) is 3.15. The van der Waals surface area contributed by atoms with E-state index in [-0.39, 0.29) is 43.1 Å². The zero-order valence-electron chi connectivity index (χ0n) is 17.9. The maximum absolute atomic E-state index is 12.0. The Morgan fingerprint density at radius 3 is 2.52 bits per heavy atom. The Balaban J connectivity index is 0.00000300. The van der Waals surface area contributed by atoms with Gasteiger partial charge in [0.15, 0.2) is 5.16 Å². The minimum Gasteiger partial charge on any atom is -0.355 e. The molecular formula is C21H36Cl3N5OS. The molecule has 1 saturated carbocycles. The fraction of sp³-hybridized carbons (Fsp3) is 0.619. The van der Waals surface area contributed by atoms with Gasteiger partial charge in [0.2, 0.25) is 5.91 Å². The number of aromatic amines is 1. The van der Waals surface area contributed by atoms with Gasteiger partial charge in [-0.25, -0.2) is 4.98 Å². The van der Waals surface area contributed by atoms with Crippen LogP contribution in [-0.2, 0) is 4.79 Å². The van der Waals surface area contributed by atoms with Crippen molar-refractivity contribution in [3.05, 3.63) is 24.3 Å². The number of unbranched alkanes of at least 4 members (excludes halogenated alkanes) is 1. The van der Waals surface area contributed by atoms with E-state index >= 15 is 0 Å². The van der Waals surface area contributed by atoms with Crippen molar-refractivity contribution in [2.24, 2.45) is 0 Å². The van der Waals surface area contributed by atoms with Crippen molar-refractivity contribution in [2.45, 2.75) is 56.1 Å². The number of nitrogens with zero attached hydrogens (tertiary/aromatic N) is 1. The van der Waals surface area contributed by atoms with E-state index in [0.29, 0.717) is 5.75 Å². The van der Waals surface area contributed by atoms with Crippen molar-refractivity contribution in [3.8, 4) is 0 Å². The zero-order chi connectivity index (χ0) is 19.4. The molecule has 178 valence electrons. The van der Waals surface area contributed by atoms with Gasteiger partial charge in [-0.05, 0) is 44.4 Å². The number of hydrogen-bond donors (Lipinski definition) is 4. The molecule has 2 aromatic rings. The van der Waals surface area contributed by atoms with Gasteiger partial charge in [-0.3, -0.25) is 4.79 Å². The van der Waals surface area contributed by atoms with Crippen LogP contribution in [0.25, 0.3) is 11.0 Å². The number of para-hydroxylation sites is 2. The summed E-state index contributed by atoms with van der Waals surface area (Å²) < 4.78 is 0. The Bertz CT molecular complexity index is 695. The van der Waals surface area contributed by atoms with Crippen LogP contribution in [-0.4, -0.2) is 53.8 Å². The lowest BCUT2D eigenvalue weighted by atomic mass is 9.95. The summed E-state index contributed by atoms with van der Waals surface area (Å²) in [6, 6.07) is 8.64. The van der Waals surface area contributed by atoms with Crippen LogP contribution in [0.1, 0.15) is 44.9 Å². The van der Waals surface area contributed by atoms with Crippen LogP contribution in [0.4, 0.5) is 0 Å². The maximum atomic E-state index is 12.0. The highest BCUT2D eigenvalue weighted by atomic mass is 35.5. The number of carbonyl (C=O) groups is 1. The van der Waals surface area contributed by atoms with Crippen LogP contribution in [0.5, 0.6) is 0 Å². The molecule has 3 rings (SSSR count). The Kier molecular flexibility index (Phi) is 17.4. The van der Waals surface area contributed by atoms with Gasteiger partial charge in [0.1, 0.15) is 0 Å². The number of halogens is 3. The number of nitrogens with one attached hydrogen (secondary N) is 4. The van der Waals surface area contributed by atoms with E-state index in [2.05, 4.69) is 25.9 Å². The summed E-state index contributed by atoms with van der Waals surface area (Å²) in [7, 11) is 0. The number of thioether (sulfide) groups is 1. The third-order valence-electron chi connectivity index (χ3n) is 5.15. The van der Waals surface area contributed by atoms with Crippen molar-refractivity contribution in [3.63, 3.8) is 0 Å². The van der Waals surface area contributed by atoms with Crippen molar-refractivity contribution in [2.75, 3.05) is 31.9 Å².